The highest BCUT2D eigenvalue weighted by molar-refractivity contribution is 5.91. The summed E-state index contributed by atoms with van der Waals surface area (Å²) in [5.74, 6) is -0.282. The molecule has 2 nitrogen and oxygen atoms in total. The zero-order valence-electron chi connectivity index (χ0n) is 15.6. The molecule has 0 atom stereocenters. The van der Waals surface area contributed by atoms with E-state index in [4.69, 9.17) is 4.74 Å². The van der Waals surface area contributed by atoms with Gasteiger partial charge in [0.1, 0.15) is 0 Å². The fourth-order valence-electron chi connectivity index (χ4n) is 3.05. The number of benzene rings is 3. The van der Waals surface area contributed by atoms with E-state index in [2.05, 4.69) is 48.5 Å². The lowest BCUT2D eigenvalue weighted by Gasteiger charge is -2.09. The molecule has 136 valence electrons. The van der Waals surface area contributed by atoms with Crippen LogP contribution in [-0.2, 0) is 16.0 Å². The molecule has 0 unspecified atom stereocenters. The van der Waals surface area contributed by atoms with Crippen LogP contribution in [-0.4, -0.2) is 12.6 Å². The number of hydrogen-bond donors (Lipinski definition) is 0. The summed E-state index contributed by atoms with van der Waals surface area (Å²) in [5.41, 5.74) is 5.74. The van der Waals surface area contributed by atoms with E-state index >= 15 is 0 Å². The quantitative estimate of drug-likeness (QED) is 0.387. The number of esters is 1. The topological polar surface area (TPSA) is 26.3 Å². The molecule has 0 radical (unpaired) electrons. The van der Waals surface area contributed by atoms with Gasteiger partial charge < -0.3 is 4.74 Å². The zero-order valence-corrected chi connectivity index (χ0v) is 15.6. The number of allylic oxidation sites excluding steroid dienone is 1. The molecule has 0 saturated heterocycles. The molecular weight excluding hydrogens is 332 g/mol. The van der Waals surface area contributed by atoms with Gasteiger partial charge in [0.2, 0.25) is 0 Å². The number of ether oxygens (including phenoxy) is 1. The van der Waals surface area contributed by atoms with Crippen molar-refractivity contribution in [3.8, 4) is 11.1 Å². The third kappa shape index (κ3) is 5.42. The van der Waals surface area contributed by atoms with Crippen molar-refractivity contribution >= 4 is 11.5 Å². The van der Waals surface area contributed by atoms with Crippen molar-refractivity contribution in [1.82, 2.24) is 0 Å². The summed E-state index contributed by atoms with van der Waals surface area (Å²) in [7, 11) is 0. The maximum Gasteiger partial charge on any atom is 0.331 e. The Morgan fingerprint density at radius 1 is 0.815 bits per heavy atom. The Morgan fingerprint density at radius 3 is 2.04 bits per heavy atom. The third-order valence-corrected chi connectivity index (χ3v) is 4.47. The standard InChI is InChI=1S/C25H24O2/c1-2-27-25(26)19-24(22-11-7-4-8-12-22)18-15-20-13-16-23(17-14-20)21-9-5-3-6-10-21/h3-14,16-17,19H,2,15,18H2,1H3/b24-19+. The van der Waals surface area contributed by atoms with Crippen LogP contribution in [0.25, 0.3) is 16.7 Å². The van der Waals surface area contributed by atoms with E-state index in [0.29, 0.717) is 6.61 Å². The highest BCUT2D eigenvalue weighted by atomic mass is 16.5. The normalized spacial score (nSPS) is 11.2. The molecule has 3 rings (SSSR count). The van der Waals surface area contributed by atoms with Gasteiger partial charge >= 0.3 is 5.97 Å². The second kappa shape index (κ2) is 9.54. The summed E-state index contributed by atoms with van der Waals surface area (Å²) in [4.78, 5) is 11.9. The van der Waals surface area contributed by atoms with Gasteiger partial charge in [0.15, 0.2) is 0 Å². The maximum atomic E-state index is 11.9. The van der Waals surface area contributed by atoms with Crippen LogP contribution < -0.4 is 0 Å². The van der Waals surface area contributed by atoms with Crippen molar-refractivity contribution in [2.24, 2.45) is 0 Å². The van der Waals surface area contributed by atoms with E-state index in [9.17, 15) is 4.79 Å². The van der Waals surface area contributed by atoms with Crippen molar-refractivity contribution in [3.05, 3.63) is 102 Å². The summed E-state index contributed by atoms with van der Waals surface area (Å²) in [6, 6.07) is 29.0. The molecule has 0 saturated carbocycles. The number of carbonyl (C=O) groups is 1. The van der Waals surface area contributed by atoms with Crippen LogP contribution in [0, 0.1) is 0 Å². The molecular formula is C25H24O2. The molecule has 0 aliphatic rings. The van der Waals surface area contributed by atoms with Gasteiger partial charge in [-0.25, -0.2) is 4.79 Å². The first-order chi connectivity index (χ1) is 13.3. The van der Waals surface area contributed by atoms with Crippen molar-refractivity contribution in [3.63, 3.8) is 0 Å². The minimum absolute atomic E-state index is 0.282. The average molecular weight is 356 g/mol. The molecule has 3 aromatic rings. The second-order valence-electron chi connectivity index (χ2n) is 6.35. The summed E-state index contributed by atoms with van der Waals surface area (Å²) in [6.07, 6.45) is 3.28. The molecule has 0 heterocycles. The first-order valence-corrected chi connectivity index (χ1v) is 9.33. The Hall–Kier alpha value is -3.13. The van der Waals surface area contributed by atoms with E-state index in [1.807, 2.05) is 43.3 Å². The van der Waals surface area contributed by atoms with Crippen LogP contribution in [0.2, 0.25) is 0 Å². The Balaban J connectivity index is 1.72. The summed E-state index contributed by atoms with van der Waals surface area (Å²) >= 11 is 0. The lowest BCUT2D eigenvalue weighted by molar-refractivity contribution is -0.137. The van der Waals surface area contributed by atoms with Gasteiger partial charge in [-0.05, 0) is 47.6 Å². The molecule has 2 heteroatoms. The van der Waals surface area contributed by atoms with Crippen LogP contribution >= 0.6 is 0 Å². The van der Waals surface area contributed by atoms with Crippen LogP contribution in [0.3, 0.4) is 0 Å². The minimum atomic E-state index is -0.282. The number of rotatable bonds is 7. The molecule has 0 aliphatic carbocycles. The molecule has 0 bridgehead atoms. The number of hydrogen-bond acceptors (Lipinski definition) is 2. The highest BCUT2D eigenvalue weighted by Gasteiger charge is 2.07. The molecule has 0 spiro atoms. The summed E-state index contributed by atoms with van der Waals surface area (Å²) in [5, 5.41) is 0. The van der Waals surface area contributed by atoms with Gasteiger partial charge in [-0.15, -0.1) is 0 Å². The third-order valence-electron chi connectivity index (χ3n) is 4.47. The maximum absolute atomic E-state index is 11.9. The fourth-order valence-corrected chi connectivity index (χ4v) is 3.05. The minimum Gasteiger partial charge on any atom is -0.463 e. The second-order valence-corrected chi connectivity index (χ2v) is 6.35. The Morgan fingerprint density at radius 2 is 1.41 bits per heavy atom. The van der Waals surface area contributed by atoms with Crippen molar-refractivity contribution in [2.45, 2.75) is 19.8 Å². The Labute approximate surface area is 161 Å². The zero-order chi connectivity index (χ0) is 18.9. The molecule has 0 amide bonds. The van der Waals surface area contributed by atoms with Gasteiger partial charge in [0.05, 0.1) is 6.61 Å². The predicted molar refractivity (Wildman–Crippen MR) is 111 cm³/mol. The van der Waals surface area contributed by atoms with E-state index in [1.54, 1.807) is 6.08 Å². The van der Waals surface area contributed by atoms with E-state index in [1.165, 1.54) is 16.7 Å². The van der Waals surface area contributed by atoms with Gasteiger partial charge in [-0.3, -0.25) is 0 Å². The SMILES string of the molecule is CCOC(=O)/C=C(\CCc1ccc(-c2ccccc2)cc1)c1ccccc1. The van der Waals surface area contributed by atoms with Crippen LogP contribution in [0.4, 0.5) is 0 Å². The lowest BCUT2D eigenvalue weighted by atomic mass is 9.96. The predicted octanol–water partition coefficient (Wildman–Crippen LogP) is 5.93. The first-order valence-electron chi connectivity index (χ1n) is 9.33. The highest BCUT2D eigenvalue weighted by Crippen LogP contribution is 2.23. The molecule has 27 heavy (non-hydrogen) atoms. The van der Waals surface area contributed by atoms with Gasteiger partial charge in [0.25, 0.3) is 0 Å². The summed E-state index contributed by atoms with van der Waals surface area (Å²) < 4.78 is 5.10. The fraction of sp³-hybridized carbons (Fsp3) is 0.160. The van der Waals surface area contributed by atoms with Crippen molar-refractivity contribution < 1.29 is 9.53 Å². The summed E-state index contributed by atoms with van der Waals surface area (Å²) in [6.45, 7) is 2.21. The number of aryl methyl sites for hydroxylation is 1. The first kappa shape index (κ1) is 18.7. The largest absolute Gasteiger partial charge is 0.463 e. The van der Waals surface area contributed by atoms with Crippen molar-refractivity contribution in [1.29, 1.82) is 0 Å². The van der Waals surface area contributed by atoms with Gasteiger partial charge in [-0.1, -0.05) is 84.9 Å². The molecule has 0 aromatic heterocycles. The molecule has 0 N–H and O–H groups in total. The van der Waals surface area contributed by atoms with Gasteiger partial charge in [-0.2, -0.15) is 0 Å². The van der Waals surface area contributed by atoms with Crippen LogP contribution in [0.15, 0.2) is 91.0 Å². The molecule has 0 fully saturated rings. The Bertz CT molecular complexity index is 879. The molecule has 0 aliphatic heterocycles. The van der Waals surface area contributed by atoms with E-state index < -0.39 is 0 Å². The monoisotopic (exact) mass is 356 g/mol. The van der Waals surface area contributed by atoms with Crippen LogP contribution in [0.1, 0.15) is 24.5 Å². The van der Waals surface area contributed by atoms with Gasteiger partial charge in [0, 0.05) is 6.08 Å². The Kier molecular flexibility index (Phi) is 6.59. The lowest BCUT2D eigenvalue weighted by Crippen LogP contribution is -2.02. The van der Waals surface area contributed by atoms with E-state index in [-0.39, 0.29) is 5.97 Å². The average Bonchev–Trinajstić information content (AvgIpc) is 2.73. The van der Waals surface area contributed by atoms with E-state index in [0.717, 1.165) is 24.0 Å². The van der Waals surface area contributed by atoms with Crippen LogP contribution in [0.5, 0.6) is 0 Å². The molecule has 3 aromatic carbocycles. The number of carbonyl (C=O) groups excluding carboxylic acids is 1. The van der Waals surface area contributed by atoms with Crippen molar-refractivity contribution in [2.75, 3.05) is 6.61 Å². The smallest absolute Gasteiger partial charge is 0.331 e.